The van der Waals surface area contributed by atoms with Gasteiger partial charge < -0.3 is 0 Å². The van der Waals surface area contributed by atoms with E-state index in [0.29, 0.717) is 11.6 Å². The Morgan fingerprint density at radius 3 is 1.40 bits per heavy atom. The molecule has 0 bridgehead atoms. The summed E-state index contributed by atoms with van der Waals surface area (Å²) < 4.78 is 0. The number of fused-ring (bicyclic) bond motifs is 2. The molecule has 0 saturated carbocycles. The standard InChI is InChI=1S/C47H34N4S/c1-47(2)37-22-12-13-24-43(37)52-44-36(21-14-23-38(44)47)42-30-41(50-45(51-42)34-19-10-5-11-20-34)33-25-27-35(28-26-33)46-48-39(31-15-6-3-7-16-31)29-40(49-46)32-17-8-4-9-18-32/h3-30H,1-2H3. The lowest BCUT2D eigenvalue weighted by atomic mass is 9.77. The van der Waals surface area contributed by atoms with Gasteiger partial charge in [-0.1, -0.05) is 177 Å². The van der Waals surface area contributed by atoms with Crippen LogP contribution in [0.5, 0.6) is 0 Å². The zero-order valence-corrected chi connectivity index (χ0v) is 29.7. The van der Waals surface area contributed by atoms with Gasteiger partial charge in [0.1, 0.15) is 0 Å². The molecule has 52 heavy (non-hydrogen) atoms. The molecule has 0 fully saturated rings. The Morgan fingerprint density at radius 1 is 0.385 bits per heavy atom. The summed E-state index contributed by atoms with van der Waals surface area (Å²) >= 11 is 1.83. The molecule has 2 aromatic heterocycles. The Kier molecular flexibility index (Phi) is 8.06. The van der Waals surface area contributed by atoms with Crippen molar-refractivity contribution in [2.45, 2.75) is 29.1 Å². The first-order chi connectivity index (χ1) is 25.5. The van der Waals surface area contributed by atoms with E-state index in [0.717, 1.165) is 56.2 Å². The van der Waals surface area contributed by atoms with Crippen molar-refractivity contribution in [3.05, 3.63) is 181 Å². The van der Waals surface area contributed by atoms with E-state index in [1.807, 2.05) is 66.4 Å². The summed E-state index contributed by atoms with van der Waals surface area (Å²) in [7, 11) is 0. The van der Waals surface area contributed by atoms with Gasteiger partial charge in [0.25, 0.3) is 0 Å². The highest BCUT2D eigenvalue weighted by molar-refractivity contribution is 7.99. The van der Waals surface area contributed by atoms with Gasteiger partial charge in [0, 0.05) is 48.6 Å². The number of nitrogens with zero attached hydrogens (tertiary/aromatic N) is 4. The molecule has 0 aliphatic carbocycles. The average molecular weight is 687 g/mol. The van der Waals surface area contributed by atoms with E-state index in [4.69, 9.17) is 19.9 Å². The van der Waals surface area contributed by atoms with Gasteiger partial charge in [-0.3, -0.25) is 0 Å². The lowest BCUT2D eigenvalue weighted by molar-refractivity contribution is 0.608. The normalized spacial score (nSPS) is 12.9. The van der Waals surface area contributed by atoms with E-state index in [1.165, 1.54) is 20.9 Å². The summed E-state index contributed by atoms with van der Waals surface area (Å²) in [5, 5.41) is 0. The number of hydrogen-bond acceptors (Lipinski definition) is 5. The summed E-state index contributed by atoms with van der Waals surface area (Å²) in [6, 6.07) is 58.8. The molecule has 9 rings (SSSR count). The molecule has 4 nitrogen and oxygen atoms in total. The van der Waals surface area contributed by atoms with Gasteiger partial charge in [0.05, 0.1) is 22.8 Å². The van der Waals surface area contributed by atoms with Crippen LogP contribution < -0.4 is 0 Å². The fraction of sp³-hybridized carbons (Fsp3) is 0.0638. The smallest absolute Gasteiger partial charge is 0.160 e. The molecule has 248 valence electrons. The second-order valence-electron chi connectivity index (χ2n) is 13.5. The van der Waals surface area contributed by atoms with Gasteiger partial charge >= 0.3 is 0 Å². The lowest BCUT2D eigenvalue weighted by Crippen LogP contribution is -2.24. The summed E-state index contributed by atoms with van der Waals surface area (Å²) in [6.07, 6.45) is 0. The summed E-state index contributed by atoms with van der Waals surface area (Å²) in [5.74, 6) is 1.37. The fourth-order valence-electron chi connectivity index (χ4n) is 7.00. The van der Waals surface area contributed by atoms with Crippen molar-refractivity contribution in [1.82, 2.24) is 19.9 Å². The minimum Gasteiger partial charge on any atom is -0.228 e. The molecule has 1 aliphatic heterocycles. The second-order valence-corrected chi connectivity index (χ2v) is 14.6. The maximum atomic E-state index is 5.21. The van der Waals surface area contributed by atoms with E-state index in [2.05, 4.69) is 129 Å². The first-order valence-corrected chi connectivity index (χ1v) is 18.3. The molecule has 8 aromatic rings. The monoisotopic (exact) mass is 686 g/mol. The molecule has 5 heteroatoms. The predicted molar refractivity (Wildman–Crippen MR) is 213 cm³/mol. The van der Waals surface area contributed by atoms with Crippen LogP contribution in [0.2, 0.25) is 0 Å². The van der Waals surface area contributed by atoms with Crippen molar-refractivity contribution in [2.24, 2.45) is 0 Å². The van der Waals surface area contributed by atoms with Crippen molar-refractivity contribution in [1.29, 1.82) is 0 Å². The van der Waals surface area contributed by atoms with Gasteiger partial charge in [-0.2, -0.15) is 0 Å². The highest BCUT2D eigenvalue weighted by Gasteiger charge is 2.34. The molecular weight excluding hydrogens is 653 g/mol. The Bertz CT molecular complexity index is 2490. The number of hydrogen-bond donors (Lipinski definition) is 0. The highest BCUT2D eigenvalue weighted by atomic mass is 32.2. The van der Waals surface area contributed by atoms with E-state index in [9.17, 15) is 0 Å². The second kappa shape index (κ2) is 13.2. The molecule has 6 aromatic carbocycles. The zero-order valence-electron chi connectivity index (χ0n) is 28.9. The van der Waals surface area contributed by atoms with Gasteiger partial charge in [-0.15, -0.1) is 0 Å². The van der Waals surface area contributed by atoms with Crippen molar-refractivity contribution < 1.29 is 0 Å². The average Bonchev–Trinajstić information content (AvgIpc) is 3.21. The molecule has 3 heterocycles. The Labute approximate surface area is 308 Å². The van der Waals surface area contributed by atoms with Crippen molar-refractivity contribution in [2.75, 3.05) is 0 Å². The first kappa shape index (κ1) is 31.8. The highest BCUT2D eigenvalue weighted by Crippen LogP contribution is 2.52. The summed E-state index contributed by atoms with van der Waals surface area (Å²) in [6.45, 7) is 4.64. The van der Waals surface area contributed by atoms with Crippen LogP contribution >= 0.6 is 11.8 Å². The quantitative estimate of drug-likeness (QED) is 0.174. The van der Waals surface area contributed by atoms with Gasteiger partial charge in [0.2, 0.25) is 0 Å². The maximum absolute atomic E-state index is 5.21. The molecule has 0 atom stereocenters. The van der Waals surface area contributed by atoms with E-state index < -0.39 is 0 Å². The van der Waals surface area contributed by atoms with Crippen LogP contribution in [0.15, 0.2) is 180 Å². The van der Waals surface area contributed by atoms with Crippen LogP contribution in [0.3, 0.4) is 0 Å². The van der Waals surface area contributed by atoms with Crippen LogP contribution in [0.1, 0.15) is 25.0 Å². The molecule has 0 unspecified atom stereocenters. The predicted octanol–water partition coefficient (Wildman–Crippen LogP) is 12.1. The molecule has 1 aliphatic rings. The van der Waals surface area contributed by atoms with Crippen LogP contribution in [-0.2, 0) is 5.41 Å². The first-order valence-electron chi connectivity index (χ1n) is 17.5. The summed E-state index contributed by atoms with van der Waals surface area (Å²) in [4.78, 5) is 23.0. The molecule has 0 N–H and O–H groups in total. The van der Waals surface area contributed by atoms with Crippen LogP contribution in [0, 0.1) is 0 Å². The van der Waals surface area contributed by atoms with Gasteiger partial charge in [0.15, 0.2) is 11.6 Å². The number of benzene rings is 6. The maximum Gasteiger partial charge on any atom is 0.160 e. The van der Waals surface area contributed by atoms with E-state index >= 15 is 0 Å². The third-order valence-corrected chi connectivity index (χ3v) is 11.0. The van der Waals surface area contributed by atoms with E-state index in [-0.39, 0.29) is 5.41 Å². The molecule has 0 radical (unpaired) electrons. The summed E-state index contributed by atoms with van der Waals surface area (Å²) in [5.41, 5.74) is 12.2. The van der Waals surface area contributed by atoms with Gasteiger partial charge in [-0.05, 0) is 29.3 Å². The topological polar surface area (TPSA) is 51.6 Å². The zero-order chi connectivity index (χ0) is 35.1. The third kappa shape index (κ3) is 5.89. The Hall–Kier alpha value is -6.17. The van der Waals surface area contributed by atoms with Gasteiger partial charge in [-0.25, -0.2) is 19.9 Å². The Balaban J connectivity index is 1.15. The lowest BCUT2D eigenvalue weighted by Gasteiger charge is -2.35. The minimum absolute atomic E-state index is 0.138. The molecular formula is C47H34N4S. The molecule has 0 saturated heterocycles. The van der Waals surface area contributed by atoms with Crippen molar-refractivity contribution in [3.8, 4) is 67.8 Å². The van der Waals surface area contributed by atoms with Crippen LogP contribution in [-0.4, -0.2) is 19.9 Å². The van der Waals surface area contributed by atoms with E-state index in [1.54, 1.807) is 0 Å². The molecule has 0 spiro atoms. The largest absolute Gasteiger partial charge is 0.228 e. The van der Waals surface area contributed by atoms with Crippen molar-refractivity contribution in [3.63, 3.8) is 0 Å². The van der Waals surface area contributed by atoms with Crippen LogP contribution in [0.4, 0.5) is 0 Å². The SMILES string of the molecule is CC1(C)c2ccccc2Sc2c(-c3cc(-c4ccc(-c5nc(-c6ccccc6)cc(-c6ccccc6)n5)cc4)nc(-c4ccccc4)n3)cccc21. The molecule has 0 amide bonds. The third-order valence-electron chi connectivity index (χ3n) is 9.80. The number of rotatable bonds is 6. The minimum atomic E-state index is -0.138. The Morgan fingerprint density at radius 2 is 0.808 bits per heavy atom. The number of aromatic nitrogens is 4. The van der Waals surface area contributed by atoms with Crippen molar-refractivity contribution >= 4 is 11.8 Å². The fourth-order valence-corrected chi connectivity index (χ4v) is 8.51. The van der Waals surface area contributed by atoms with Crippen LogP contribution in [0.25, 0.3) is 67.8 Å².